The van der Waals surface area contributed by atoms with Gasteiger partial charge in [0, 0.05) is 31.6 Å². The number of nitrogens with zero attached hydrogens (tertiary/aromatic N) is 2. The average molecular weight is 382 g/mol. The van der Waals surface area contributed by atoms with Crippen molar-refractivity contribution in [3.63, 3.8) is 0 Å². The van der Waals surface area contributed by atoms with Crippen LogP contribution >= 0.6 is 0 Å². The minimum Gasteiger partial charge on any atom is -0.480 e. The van der Waals surface area contributed by atoms with Crippen LogP contribution in [-0.4, -0.2) is 67.1 Å². The fourth-order valence-corrected chi connectivity index (χ4v) is 4.42. The van der Waals surface area contributed by atoms with Crippen LogP contribution in [0.3, 0.4) is 0 Å². The zero-order chi connectivity index (χ0) is 19.5. The molecule has 142 valence electrons. The summed E-state index contributed by atoms with van der Waals surface area (Å²) in [6.07, 6.45) is 0.682. The number of carboxylic acid groups (broad SMARTS) is 1. The van der Waals surface area contributed by atoms with Gasteiger partial charge in [0.25, 0.3) is 0 Å². The Hall–Kier alpha value is -2.26. The van der Waals surface area contributed by atoms with Crippen molar-refractivity contribution in [1.29, 1.82) is 0 Å². The maximum Gasteiger partial charge on any atom is 0.323 e. The van der Waals surface area contributed by atoms with Gasteiger partial charge in [0.15, 0.2) is 5.78 Å². The minimum absolute atomic E-state index is 0.107. The van der Waals surface area contributed by atoms with E-state index in [0.29, 0.717) is 18.4 Å². The van der Waals surface area contributed by atoms with Crippen LogP contribution in [0.2, 0.25) is 0 Å². The van der Waals surface area contributed by atoms with Crippen molar-refractivity contribution in [2.24, 2.45) is 5.92 Å². The van der Waals surface area contributed by atoms with E-state index in [1.165, 1.54) is 42.5 Å². The fraction of sp³-hybridized carbons (Fsp3) is 0.471. The number of hydrogen-bond donors (Lipinski definition) is 1. The molecule has 0 unspecified atom stereocenters. The second kappa shape index (κ2) is 7.96. The van der Waals surface area contributed by atoms with Gasteiger partial charge in [0.1, 0.15) is 6.54 Å². The summed E-state index contributed by atoms with van der Waals surface area (Å²) in [5.74, 6) is -1.89. The lowest BCUT2D eigenvalue weighted by Gasteiger charge is -2.32. The van der Waals surface area contributed by atoms with E-state index in [9.17, 15) is 22.8 Å². The third kappa shape index (κ3) is 4.47. The van der Waals surface area contributed by atoms with Gasteiger partial charge >= 0.3 is 5.97 Å². The number of rotatable bonds is 6. The molecule has 0 atom stereocenters. The van der Waals surface area contributed by atoms with Crippen LogP contribution in [0.15, 0.2) is 29.2 Å². The Bertz CT molecular complexity index is 795. The molecule has 1 fully saturated rings. The molecule has 2 rings (SSSR count). The highest BCUT2D eigenvalue weighted by Crippen LogP contribution is 2.25. The standard InChI is InChI=1S/C17H22N2O6S/c1-12(20)13-3-5-15(6-4-13)26(24,25)19-9-7-14(8-10-19)17(23)18(2)11-16(21)22/h3-6,14H,7-11H2,1-2H3,(H,21,22). The molecule has 1 aliphatic rings. The van der Waals surface area contributed by atoms with Crippen molar-refractivity contribution in [2.45, 2.75) is 24.7 Å². The summed E-state index contributed by atoms with van der Waals surface area (Å²) >= 11 is 0. The van der Waals surface area contributed by atoms with E-state index < -0.39 is 16.0 Å². The van der Waals surface area contributed by atoms with Crippen molar-refractivity contribution >= 4 is 27.7 Å². The summed E-state index contributed by atoms with van der Waals surface area (Å²) in [7, 11) is -2.26. The number of carbonyl (C=O) groups excluding carboxylic acids is 2. The quantitative estimate of drug-likeness (QED) is 0.730. The highest BCUT2D eigenvalue weighted by Gasteiger charge is 2.33. The van der Waals surface area contributed by atoms with E-state index in [1.807, 2.05) is 0 Å². The number of amides is 1. The summed E-state index contributed by atoms with van der Waals surface area (Å²) in [5.41, 5.74) is 0.440. The van der Waals surface area contributed by atoms with Crippen LogP contribution in [0.5, 0.6) is 0 Å². The second-order valence-electron chi connectivity index (χ2n) is 6.35. The van der Waals surface area contributed by atoms with Gasteiger partial charge in [-0.05, 0) is 31.9 Å². The molecule has 1 saturated heterocycles. The third-order valence-corrected chi connectivity index (χ3v) is 6.36. The smallest absolute Gasteiger partial charge is 0.323 e. The molecule has 26 heavy (non-hydrogen) atoms. The first-order chi connectivity index (χ1) is 12.1. The summed E-state index contributed by atoms with van der Waals surface area (Å²) in [6.45, 7) is 1.41. The lowest BCUT2D eigenvalue weighted by Crippen LogP contribution is -2.44. The van der Waals surface area contributed by atoms with E-state index in [4.69, 9.17) is 5.11 Å². The lowest BCUT2D eigenvalue weighted by molar-refractivity contribution is -0.145. The Morgan fingerprint density at radius 2 is 1.69 bits per heavy atom. The Kier molecular flexibility index (Phi) is 6.14. The number of hydrogen-bond acceptors (Lipinski definition) is 5. The minimum atomic E-state index is -3.69. The molecule has 0 bridgehead atoms. The summed E-state index contributed by atoms with van der Waals surface area (Å²) in [6, 6.07) is 5.77. The topological polar surface area (TPSA) is 112 Å². The molecule has 1 amide bonds. The number of aliphatic carboxylic acids is 1. The van der Waals surface area contributed by atoms with Gasteiger partial charge in [-0.25, -0.2) is 8.42 Å². The number of ketones is 1. The Balaban J connectivity index is 2.03. The largest absolute Gasteiger partial charge is 0.480 e. The van der Waals surface area contributed by atoms with Gasteiger partial charge in [-0.1, -0.05) is 12.1 Å². The number of carboxylic acids is 1. The molecular weight excluding hydrogens is 360 g/mol. The zero-order valence-electron chi connectivity index (χ0n) is 14.7. The van der Waals surface area contributed by atoms with Crippen LogP contribution in [0.25, 0.3) is 0 Å². The van der Waals surface area contributed by atoms with E-state index in [2.05, 4.69) is 0 Å². The predicted octanol–water partition coefficient (Wildman–Crippen LogP) is 0.833. The first-order valence-electron chi connectivity index (χ1n) is 8.21. The van der Waals surface area contributed by atoms with Crippen molar-refractivity contribution in [3.8, 4) is 0 Å². The van der Waals surface area contributed by atoms with Crippen LogP contribution in [0, 0.1) is 5.92 Å². The molecule has 1 N–H and O–H groups in total. The Labute approximate surface area is 152 Å². The number of carbonyl (C=O) groups is 3. The molecule has 0 aromatic heterocycles. The normalized spacial score (nSPS) is 16.2. The molecule has 0 aliphatic carbocycles. The maximum absolute atomic E-state index is 12.7. The van der Waals surface area contributed by atoms with Crippen molar-refractivity contribution in [2.75, 3.05) is 26.7 Å². The lowest BCUT2D eigenvalue weighted by atomic mass is 9.97. The van der Waals surface area contributed by atoms with Gasteiger partial charge in [-0.15, -0.1) is 0 Å². The monoisotopic (exact) mass is 382 g/mol. The van der Waals surface area contributed by atoms with Crippen molar-refractivity contribution < 1.29 is 27.9 Å². The molecule has 9 heteroatoms. The van der Waals surface area contributed by atoms with Crippen LogP contribution < -0.4 is 0 Å². The first-order valence-corrected chi connectivity index (χ1v) is 9.65. The molecule has 0 radical (unpaired) electrons. The predicted molar refractivity (Wildman–Crippen MR) is 93.2 cm³/mol. The number of piperidine rings is 1. The summed E-state index contributed by atoms with van der Waals surface area (Å²) < 4.78 is 26.7. The number of Topliss-reactive ketones (excluding diaryl/α,β-unsaturated/α-hetero) is 1. The van der Waals surface area contributed by atoms with Gasteiger partial charge in [0.2, 0.25) is 15.9 Å². The van der Waals surface area contributed by atoms with E-state index in [0.717, 1.165) is 4.90 Å². The number of sulfonamides is 1. The van der Waals surface area contributed by atoms with Crippen molar-refractivity contribution in [1.82, 2.24) is 9.21 Å². The van der Waals surface area contributed by atoms with Crippen LogP contribution in [-0.2, 0) is 19.6 Å². The van der Waals surface area contributed by atoms with E-state index in [1.54, 1.807) is 0 Å². The van der Waals surface area contributed by atoms with E-state index in [-0.39, 0.29) is 42.1 Å². The molecule has 0 spiro atoms. The highest BCUT2D eigenvalue weighted by atomic mass is 32.2. The number of benzene rings is 1. The SMILES string of the molecule is CC(=O)c1ccc(S(=O)(=O)N2CCC(C(=O)N(C)CC(=O)O)CC2)cc1. The van der Waals surface area contributed by atoms with Gasteiger partial charge < -0.3 is 10.0 Å². The van der Waals surface area contributed by atoms with Gasteiger partial charge in [0.05, 0.1) is 4.90 Å². The third-order valence-electron chi connectivity index (χ3n) is 4.45. The number of likely N-dealkylation sites (N-methyl/N-ethyl adjacent to an activating group) is 1. The molecule has 8 nitrogen and oxygen atoms in total. The van der Waals surface area contributed by atoms with Gasteiger partial charge in [-0.3, -0.25) is 14.4 Å². The average Bonchev–Trinajstić information content (AvgIpc) is 2.60. The van der Waals surface area contributed by atoms with Crippen LogP contribution in [0.1, 0.15) is 30.1 Å². The molecular formula is C17H22N2O6S. The van der Waals surface area contributed by atoms with E-state index >= 15 is 0 Å². The van der Waals surface area contributed by atoms with Crippen molar-refractivity contribution in [3.05, 3.63) is 29.8 Å². The molecule has 0 saturated carbocycles. The molecule has 1 aromatic rings. The molecule has 1 aliphatic heterocycles. The summed E-state index contributed by atoms with van der Waals surface area (Å²) in [4.78, 5) is 35.5. The van der Waals surface area contributed by atoms with Gasteiger partial charge in [-0.2, -0.15) is 4.31 Å². The van der Waals surface area contributed by atoms with Crippen LogP contribution in [0.4, 0.5) is 0 Å². The molecule has 1 aromatic carbocycles. The fourth-order valence-electron chi connectivity index (χ4n) is 2.95. The second-order valence-corrected chi connectivity index (χ2v) is 8.28. The maximum atomic E-state index is 12.7. The first kappa shape index (κ1) is 20.1. The zero-order valence-corrected chi connectivity index (χ0v) is 15.5. The Morgan fingerprint density at radius 1 is 1.15 bits per heavy atom. The highest BCUT2D eigenvalue weighted by molar-refractivity contribution is 7.89. The Morgan fingerprint density at radius 3 is 2.15 bits per heavy atom. The molecule has 1 heterocycles. The summed E-state index contributed by atoms with van der Waals surface area (Å²) in [5, 5.41) is 8.76.